The molecule has 0 aromatic heterocycles. The van der Waals surface area contributed by atoms with Crippen LogP contribution in [0.25, 0.3) is 0 Å². The minimum atomic E-state index is -0.295. The van der Waals surface area contributed by atoms with Crippen molar-refractivity contribution in [3.8, 4) is 0 Å². The molecule has 2 aromatic carbocycles. The summed E-state index contributed by atoms with van der Waals surface area (Å²) in [5.74, 6) is -0.781. The van der Waals surface area contributed by atoms with Crippen LogP contribution in [0, 0.1) is 0 Å². The second kappa shape index (κ2) is 10.1. The first-order valence-electron chi connectivity index (χ1n) is 9.08. The Labute approximate surface area is 164 Å². The number of carbonyl (C=O) groups is 3. The smallest absolute Gasteiger partial charge is 0.306 e. The largest absolute Gasteiger partial charge is 0.466 e. The Morgan fingerprint density at radius 3 is 2.00 bits per heavy atom. The fourth-order valence-electron chi connectivity index (χ4n) is 2.70. The predicted molar refractivity (Wildman–Crippen MR) is 110 cm³/mol. The van der Waals surface area contributed by atoms with E-state index < -0.39 is 0 Å². The van der Waals surface area contributed by atoms with E-state index in [2.05, 4.69) is 16.0 Å². The molecular weight excluding hydrogens is 358 g/mol. The summed E-state index contributed by atoms with van der Waals surface area (Å²) in [7, 11) is 0. The summed E-state index contributed by atoms with van der Waals surface area (Å²) in [5, 5.41) is 8.83. The number of nitrogens with one attached hydrogen (secondary N) is 3. The predicted octanol–water partition coefficient (Wildman–Crippen LogP) is 3.84. The number of amides is 2. The molecule has 0 heterocycles. The Balaban J connectivity index is 2.42. The summed E-state index contributed by atoms with van der Waals surface area (Å²) >= 11 is 0. The SMILES string of the molecule is CCOC(=O)CCc1cc(NC(C)=O)c(Nc2ccccc2)c(NC(C)=O)c1. The third-order valence-corrected chi connectivity index (χ3v) is 3.79. The average Bonchev–Trinajstić information content (AvgIpc) is 2.63. The molecule has 7 nitrogen and oxygen atoms in total. The molecule has 0 unspecified atom stereocenters. The third kappa shape index (κ3) is 6.42. The van der Waals surface area contributed by atoms with Gasteiger partial charge in [-0.1, -0.05) is 18.2 Å². The van der Waals surface area contributed by atoms with Crippen molar-refractivity contribution in [2.24, 2.45) is 0 Å². The van der Waals surface area contributed by atoms with Crippen molar-refractivity contribution in [1.82, 2.24) is 0 Å². The van der Waals surface area contributed by atoms with Gasteiger partial charge in [0.05, 0.1) is 23.7 Å². The Hall–Kier alpha value is -3.35. The normalized spacial score (nSPS) is 10.1. The molecule has 0 fully saturated rings. The number of benzene rings is 2. The van der Waals surface area contributed by atoms with Gasteiger partial charge in [-0.25, -0.2) is 0 Å². The van der Waals surface area contributed by atoms with Gasteiger partial charge in [0.25, 0.3) is 0 Å². The fourth-order valence-corrected chi connectivity index (χ4v) is 2.70. The second-order valence-electron chi connectivity index (χ2n) is 6.22. The van der Waals surface area contributed by atoms with E-state index in [4.69, 9.17) is 4.74 Å². The van der Waals surface area contributed by atoms with Crippen LogP contribution in [-0.2, 0) is 25.5 Å². The monoisotopic (exact) mass is 383 g/mol. The van der Waals surface area contributed by atoms with Crippen LogP contribution in [0.15, 0.2) is 42.5 Å². The Morgan fingerprint density at radius 2 is 1.50 bits per heavy atom. The van der Waals surface area contributed by atoms with Crippen LogP contribution in [0.3, 0.4) is 0 Å². The van der Waals surface area contributed by atoms with Crippen LogP contribution in [0.5, 0.6) is 0 Å². The van der Waals surface area contributed by atoms with Gasteiger partial charge in [0, 0.05) is 26.0 Å². The third-order valence-electron chi connectivity index (χ3n) is 3.79. The topological polar surface area (TPSA) is 96.5 Å². The van der Waals surface area contributed by atoms with Crippen molar-refractivity contribution in [2.75, 3.05) is 22.6 Å². The zero-order valence-corrected chi connectivity index (χ0v) is 16.3. The summed E-state index contributed by atoms with van der Waals surface area (Å²) in [6.45, 7) is 4.91. The van der Waals surface area contributed by atoms with Crippen molar-refractivity contribution in [2.45, 2.75) is 33.6 Å². The summed E-state index contributed by atoms with van der Waals surface area (Å²) in [6.07, 6.45) is 0.627. The van der Waals surface area contributed by atoms with E-state index in [1.54, 1.807) is 19.1 Å². The Kier molecular flexibility index (Phi) is 7.56. The van der Waals surface area contributed by atoms with Gasteiger partial charge < -0.3 is 20.7 Å². The van der Waals surface area contributed by atoms with Gasteiger partial charge in [-0.05, 0) is 43.2 Å². The molecule has 0 aliphatic rings. The van der Waals surface area contributed by atoms with Crippen molar-refractivity contribution >= 4 is 40.5 Å². The van der Waals surface area contributed by atoms with E-state index >= 15 is 0 Å². The molecule has 7 heteroatoms. The lowest BCUT2D eigenvalue weighted by Crippen LogP contribution is -2.13. The highest BCUT2D eigenvalue weighted by Gasteiger charge is 2.15. The van der Waals surface area contributed by atoms with Crippen LogP contribution in [0.2, 0.25) is 0 Å². The van der Waals surface area contributed by atoms with Crippen LogP contribution >= 0.6 is 0 Å². The van der Waals surface area contributed by atoms with E-state index in [1.165, 1.54) is 13.8 Å². The highest BCUT2D eigenvalue weighted by atomic mass is 16.5. The molecule has 2 rings (SSSR count). The first-order chi connectivity index (χ1) is 13.4. The van der Waals surface area contributed by atoms with E-state index in [0.29, 0.717) is 30.1 Å². The zero-order chi connectivity index (χ0) is 20.5. The highest BCUT2D eigenvalue weighted by molar-refractivity contribution is 6.01. The first kappa shape index (κ1) is 21.0. The number of anilines is 4. The average molecular weight is 383 g/mol. The molecular formula is C21H25N3O4. The number of aryl methyl sites for hydroxylation is 1. The molecule has 0 atom stereocenters. The van der Waals surface area contributed by atoms with Gasteiger partial charge in [0.15, 0.2) is 0 Å². The number of carbonyl (C=O) groups excluding carboxylic acids is 3. The fraction of sp³-hybridized carbons (Fsp3) is 0.286. The van der Waals surface area contributed by atoms with Crippen LogP contribution in [-0.4, -0.2) is 24.4 Å². The second-order valence-corrected chi connectivity index (χ2v) is 6.22. The number of hydrogen-bond donors (Lipinski definition) is 3. The maximum Gasteiger partial charge on any atom is 0.306 e. The standard InChI is InChI=1S/C21H25N3O4/c1-4-28-20(27)11-10-16-12-18(22-14(2)25)21(19(13-16)23-15(3)26)24-17-8-6-5-7-9-17/h5-9,12-13,24H,4,10-11H2,1-3H3,(H,22,25)(H,23,26). The minimum Gasteiger partial charge on any atom is -0.466 e. The number of esters is 1. The first-order valence-corrected chi connectivity index (χ1v) is 9.08. The molecule has 3 N–H and O–H groups in total. The molecule has 0 aliphatic carbocycles. The van der Waals surface area contributed by atoms with Gasteiger partial charge in [0.2, 0.25) is 11.8 Å². The van der Waals surface area contributed by atoms with Gasteiger partial charge in [-0.15, -0.1) is 0 Å². The maximum absolute atomic E-state index is 11.7. The molecule has 28 heavy (non-hydrogen) atoms. The van der Waals surface area contributed by atoms with E-state index in [-0.39, 0.29) is 24.2 Å². The van der Waals surface area contributed by atoms with Gasteiger partial charge in [-0.2, -0.15) is 0 Å². The van der Waals surface area contributed by atoms with Crippen LogP contribution in [0.4, 0.5) is 22.7 Å². The van der Waals surface area contributed by atoms with E-state index in [9.17, 15) is 14.4 Å². The Bertz CT molecular complexity index is 813. The summed E-state index contributed by atoms with van der Waals surface area (Å²) in [5.41, 5.74) is 3.19. The zero-order valence-electron chi connectivity index (χ0n) is 16.3. The molecule has 148 valence electrons. The number of rotatable bonds is 8. The maximum atomic E-state index is 11.7. The van der Waals surface area contributed by atoms with Crippen molar-refractivity contribution in [1.29, 1.82) is 0 Å². The number of ether oxygens (including phenoxy) is 1. The van der Waals surface area contributed by atoms with Crippen molar-refractivity contribution < 1.29 is 19.1 Å². The molecule has 0 radical (unpaired) electrons. The highest BCUT2D eigenvalue weighted by Crippen LogP contribution is 2.35. The van der Waals surface area contributed by atoms with E-state index in [1.807, 2.05) is 30.3 Å². The molecule has 0 bridgehead atoms. The Morgan fingerprint density at radius 1 is 0.929 bits per heavy atom. The molecule has 0 aliphatic heterocycles. The lowest BCUT2D eigenvalue weighted by atomic mass is 10.1. The lowest BCUT2D eigenvalue weighted by molar-refractivity contribution is -0.143. The van der Waals surface area contributed by atoms with Crippen LogP contribution < -0.4 is 16.0 Å². The minimum absolute atomic E-state index is 0.207. The number of para-hydroxylation sites is 1. The van der Waals surface area contributed by atoms with Crippen molar-refractivity contribution in [3.63, 3.8) is 0 Å². The van der Waals surface area contributed by atoms with Crippen molar-refractivity contribution in [3.05, 3.63) is 48.0 Å². The molecule has 0 saturated carbocycles. The lowest BCUT2D eigenvalue weighted by Gasteiger charge is -2.19. The van der Waals surface area contributed by atoms with E-state index in [0.717, 1.165) is 11.3 Å². The quantitative estimate of drug-likeness (QED) is 0.602. The van der Waals surface area contributed by atoms with Gasteiger partial charge >= 0.3 is 5.97 Å². The molecule has 2 amide bonds. The van der Waals surface area contributed by atoms with Gasteiger partial charge in [-0.3, -0.25) is 14.4 Å². The van der Waals surface area contributed by atoms with Crippen LogP contribution in [0.1, 0.15) is 32.8 Å². The summed E-state index contributed by atoms with van der Waals surface area (Å²) in [4.78, 5) is 35.1. The summed E-state index contributed by atoms with van der Waals surface area (Å²) < 4.78 is 4.97. The number of hydrogen-bond acceptors (Lipinski definition) is 5. The molecule has 0 spiro atoms. The van der Waals surface area contributed by atoms with Gasteiger partial charge in [0.1, 0.15) is 0 Å². The molecule has 0 saturated heterocycles. The summed E-state index contributed by atoms with van der Waals surface area (Å²) in [6, 6.07) is 13.0. The molecule has 2 aromatic rings.